The maximum atomic E-state index is 11.0. The molecule has 0 aliphatic rings. The number of nitrogens with zero attached hydrogens (tertiary/aromatic N) is 1. The molecule has 106 valence electrons. The number of aliphatic hydroxyl groups is 1. The summed E-state index contributed by atoms with van der Waals surface area (Å²) in [6, 6.07) is 5.85. The van der Waals surface area contributed by atoms with E-state index in [-0.39, 0.29) is 10.8 Å². The average molecular weight is 334 g/mol. The van der Waals surface area contributed by atoms with Crippen LogP contribution in [0.15, 0.2) is 24.3 Å². The lowest BCUT2D eigenvalue weighted by molar-refractivity contribution is -0.385. The number of benzene rings is 1. The number of thiophene rings is 1. The third-order valence-corrected chi connectivity index (χ3v) is 4.32. The van der Waals surface area contributed by atoms with Gasteiger partial charge in [0.2, 0.25) is 0 Å². The van der Waals surface area contributed by atoms with Crippen molar-refractivity contribution < 1.29 is 14.8 Å². The number of nitro groups is 1. The van der Waals surface area contributed by atoms with Crippen molar-refractivity contribution in [2.75, 3.05) is 0 Å². The van der Waals surface area contributed by atoms with Crippen LogP contribution in [0.3, 0.4) is 0 Å². The Kier molecular flexibility index (Phi) is 4.49. The van der Waals surface area contributed by atoms with Crippen LogP contribution in [0.2, 0.25) is 10.0 Å². The standard InChI is InChI=1S/C12H9Cl2NO4S/c1-6(16)11-5-10(15(17)18)12(20-11)19-7-2-3-8(13)9(14)4-7/h2-6,16H,1H3/t6-/m0/s1. The summed E-state index contributed by atoms with van der Waals surface area (Å²) in [7, 11) is 0. The first-order valence-electron chi connectivity index (χ1n) is 5.47. The van der Waals surface area contributed by atoms with Gasteiger partial charge in [0.1, 0.15) is 5.75 Å². The second kappa shape index (κ2) is 5.97. The maximum Gasteiger partial charge on any atom is 0.323 e. The Bertz CT molecular complexity index is 657. The summed E-state index contributed by atoms with van der Waals surface area (Å²) in [6.45, 7) is 1.53. The Morgan fingerprint density at radius 1 is 1.35 bits per heavy atom. The van der Waals surface area contributed by atoms with Crippen LogP contribution in [0, 0.1) is 10.1 Å². The molecule has 5 nitrogen and oxygen atoms in total. The minimum absolute atomic E-state index is 0.0873. The zero-order valence-electron chi connectivity index (χ0n) is 10.2. The number of ether oxygens (including phenoxy) is 1. The van der Waals surface area contributed by atoms with Crippen LogP contribution in [0.25, 0.3) is 0 Å². The van der Waals surface area contributed by atoms with E-state index in [9.17, 15) is 15.2 Å². The Morgan fingerprint density at radius 2 is 2.05 bits per heavy atom. The van der Waals surface area contributed by atoms with Gasteiger partial charge in [0.25, 0.3) is 5.06 Å². The molecule has 1 atom stereocenters. The minimum Gasteiger partial charge on any atom is -0.440 e. The normalized spacial score (nSPS) is 12.2. The molecule has 0 amide bonds. The fraction of sp³-hybridized carbons (Fsp3) is 0.167. The van der Waals surface area contributed by atoms with Gasteiger partial charge in [0.15, 0.2) is 0 Å². The summed E-state index contributed by atoms with van der Waals surface area (Å²) in [5, 5.41) is 21.2. The van der Waals surface area contributed by atoms with Gasteiger partial charge in [0.05, 0.1) is 21.1 Å². The molecule has 2 aromatic rings. The minimum atomic E-state index is -0.801. The number of hydrogen-bond acceptors (Lipinski definition) is 5. The van der Waals surface area contributed by atoms with E-state index >= 15 is 0 Å². The highest BCUT2D eigenvalue weighted by atomic mass is 35.5. The van der Waals surface area contributed by atoms with Gasteiger partial charge in [-0.1, -0.05) is 34.5 Å². The van der Waals surface area contributed by atoms with Crippen molar-refractivity contribution in [1.29, 1.82) is 0 Å². The maximum absolute atomic E-state index is 11.0. The topological polar surface area (TPSA) is 72.6 Å². The smallest absolute Gasteiger partial charge is 0.323 e. The summed E-state index contributed by atoms with van der Waals surface area (Å²) in [6.07, 6.45) is -0.801. The lowest BCUT2D eigenvalue weighted by Crippen LogP contribution is -1.89. The highest BCUT2D eigenvalue weighted by Crippen LogP contribution is 2.42. The molecule has 1 heterocycles. The summed E-state index contributed by atoms with van der Waals surface area (Å²) >= 11 is 12.7. The van der Waals surface area contributed by atoms with Crippen molar-refractivity contribution in [2.24, 2.45) is 0 Å². The molecule has 0 radical (unpaired) electrons. The molecule has 1 aromatic carbocycles. The predicted molar refractivity (Wildman–Crippen MR) is 78.1 cm³/mol. The number of hydrogen-bond donors (Lipinski definition) is 1. The molecule has 2 rings (SSSR count). The monoisotopic (exact) mass is 333 g/mol. The molecule has 0 saturated heterocycles. The SMILES string of the molecule is C[C@H](O)c1cc([N+](=O)[O-])c(Oc2ccc(Cl)c(Cl)c2)s1. The van der Waals surface area contributed by atoms with E-state index < -0.39 is 11.0 Å². The van der Waals surface area contributed by atoms with Crippen molar-refractivity contribution >= 4 is 40.2 Å². The first-order chi connectivity index (χ1) is 9.38. The van der Waals surface area contributed by atoms with Gasteiger partial charge in [-0.3, -0.25) is 10.1 Å². The van der Waals surface area contributed by atoms with E-state index in [0.717, 1.165) is 11.3 Å². The van der Waals surface area contributed by atoms with Crippen molar-refractivity contribution in [3.8, 4) is 10.8 Å². The van der Waals surface area contributed by atoms with E-state index in [0.29, 0.717) is 20.7 Å². The summed E-state index contributed by atoms with van der Waals surface area (Å²) in [5.41, 5.74) is -0.197. The third-order valence-electron chi connectivity index (χ3n) is 2.41. The molecule has 0 saturated carbocycles. The van der Waals surface area contributed by atoms with Gasteiger partial charge in [-0.15, -0.1) is 0 Å². The van der Waals surface area contributed by atoms with Crippen LogP contribution in [0.1, 0.15) is 17.9 Å². The fourth-order valence-corrected chi connectivity index (χ4v) is 2.66. The predicted octanol–water partition coefficient (Wildman–Crippen LogP) is 4.81. The molecule has 1 aromatic heterocycles. The van der Waals surface area contributed by atoms with Crippen molar-refractivity contribution in [3.05, 3.63) is 49.3 Å². The Hall–Kier alpha value is -1.34. The first-order valence-corrected chi connectivity index (χ1v) is 7.05. The Morgan fingerprint density at radius 3 is 2.60 bits per heavy atom. The van der Waals surface area contributed by atoms with Crippen molar-refractivity contribution in [3.63, 3.8) is 0 Å². The quantitative estimate of drug-likeness (QED) is 0.643. The summed E-state index contributed by atoms with van der Waals surface area (Å²) in [4.78, 5) is 10.9. The lowest BCUT2D eigenvalue weighted by atomic mass is 10.3. The third kappa shape index (κ3) is 3.21. The van der Waals surface area contributed by atoms with Crippen molar-refractivity contribution in [2.45, 2.75) is 13.0 Å². The molecule has 20 heavy (non-hydrogen) atoms. The van der Waals surface area contributed by atoms with E-state index in [1.165, 1.54) is 25.1 Å². The molecule has 0 spiro atoms. The van der Waals surface area contributed by atoms with Gasteiger partial charge < -0.3 is 9.84 Å². The molecule has 1 N–H and O–H groups in total. The van der Waals surface area contributed by atoms with E-state index in [1.54, 1.807) is 6.07 Å². The van der Waals surface area contributed by atoms with E-state index in [4.69, 9.17) is 27.9 Å². The molecular weight excluding hydrogens is 325 g/mol. The Labute approximate surface area is 128 Å². The molecular formula is C12H9Cl2NO4S. The Balaban J connectivity index is 2.36. The van der Waals surface area contributed by atoms with Crippen LogP contribution < -0.4 is 4.74 Å². The number of aliphatic hydroxyl groups excluding tert-OH is 1. The van der Waals surface area contributed by atoms with Crippen LogP contribution in [0.4, 0.5) is 5.69 Å². The highest BCUT2D eigenvalue weighted by molar-refractivity contribution is 7.14. The van der Waals surface area contributed by atoms with Crippen LogP contribution >= 0.6 is 34.5 Å². The van der Waals surface area contributed by atoms with Crippen molar-refractivity contribution in [1.82, 2.24) is 0 Å². The summed E-state index contributed by atoms with van der Waals surface area (Å²) in [5.74, 6) is 0.335. The lowest BCUT2D eigenvalue weighted by Gasteiger charge is -2.04. The zero-order valence-corrected chi connectivity index (χ0v) is 12.5. The molecule has 0 bridgehead atoms. The van der Waals surface area contributed by atoms with E-state index in [1.807, 2.05) is 0 Å². The zero-order chi connectivity index (χ0) is 14.9. The number of rotatable bonds is 4. The highest BCUT2D eigenvalue weighted by Gasteiger charge is 2.23. The fourth-order valence-electron chi connectivity index (χ4n) is 1.44. The summed E-state index contributed by atoms with van der Waals surface area (Å²) < 4.78 is 5.46. The molecule has 0 fully saturated rings. The molecule has 0 aliphatic carbocycles. The molecule has 0 unspecified atom stereocenters. The average Bonchev–Trinajstić information content (AvgIpc) is 2.78. The molecule has 0 aliphatic heterocycles. The number of halogens is 2. The van der Waals surface area contributed by atoms with Gasteiger partial charge >= 0.3 is 5.69 Å². The van der Waals surface area contributed by atoms with Gasteiger partial charge in [-0.25, -0.2) is 0 Å². The second-order valence-corrected chi connectivity index (χ2v) is 5.79. The van der Waals surface area contributed by atoms with Crippen LogP contribution in [-0.4, -0.2) is 10.0 Å². The largest absolute Gasteiger partial charge is 0.440 e. The second-order valence-electron chi connectivity index (χ2n) is 3.93. The van der Waals surface area contributed by atoms with Crippen LogP contribution in [0.5, 0.6) is 10.8 Å². The first kappa shape index (κ1) is 15.1. The molecule has 8 heteroatoms. The van der Waals surface area contributed by atoms with Gasteiger partial charge in [0, 0.05) is 17.0 Å². The van der Waals surface area contributed by atoms with Crippen LogP contribution in [-0.2, 0) is 0 Å². The van der Waals surface area contributed by atoms with Gasteiger partial charge in [-0.2, -0.15) is 0 Å². The van der Waals surface area contributed by atoms with Gasteiger partial charge in [-0.05, 0) is 19.1 Å². The van der Waals surface area contributed by atoms with E-state index in [2.05, 4.69) is 0 Å².